The molecule has 138 valence electrons. The first-order valence-electron chi connectivity index (χ1n) is 8.40. The summed E-state index contributed by atoms with van der Waals surface area (Å²) >= 11 is 0. The van der Waals surface area contributed by atoms with Crippen LogP contribution in [-0.2, 0) is 4.74 Å². The Morgan fingerprint density at radius 1 is 1.30 bits per heavy atom. The fourth-order valence-electron chi connectivity index (χ4n) is 2.15. The first-order valence-corrected chi connectivity index (χ1v) is 8.40. The minimum Gasteiger partial charge on any atom is -0.354 e. The Kier molecular flexibility index (Phi) is 14.3. The molecule has 23 heavy (non-hydrogen) atoms. The first kappa shape index (κ1) is 22.2. The molecule has 0 unspecified atom stereocenters. The zero-order valence-electron chi connectivity index (χ0n) is 15.5. The van der Waals surface area contributed by atoms with E-state index in [2.05, 4.69) is 46.7 Å². The molecule has 0 amide bonds. The SMILES string of the molecule is CCNCCN(C)C[C@H](C)O[C@H](C)N(/C=N/CNCN)CNC. The average Bonchev–Trinajstić information content (AvgIpc) is 2.50. The molecule has 0 aliphatic heterocycles. The van der Waals surface area contributed by atoms with E-state index in [4.69, 9.17) is 10.5 Å². The van der Waals surface area contributed by atoms with Crippen molar-refractivity contribution in [3.63, 3.8) is 0 Å². The van der Waals surface area contributed by atoms with Gasteiger partial charge in [0, 0.05) is 26.3 Å². The van der Waals surface area contributed by atoms with Gasteiger partial charge in [-0.2, -0.15) is 0 Å². The molecular formula is C15H37N7O. The molecule has 0 saturated heterocycles. The molecule has 2 atom stereocenters. The van der Waals surface area contributed by atoms with Gasteiger partial charge >= 0.3 is 0 Å². The molecular weight excluding hydrogens is 294 g/mol. The predicted octanol–water partition coefficient (Wildman–Crippen LogP) is -0.751. The van der Waals surface area contributed by atoms with E-state index in [-0.39, 0.29) is 12.3 Å². The number of ether oxygens (including phenoxy) is 1. The van der Waals surface area contributed by atoms with Crippen LogP contribution in [-0.4, -0.2) is 88.8 Å². The quantitative estimate of drug-likeness (QED) is 0.136. The van der Waals surface area contributed by atoms with Crippen LogP contribution in [0.2, 0.25) is 0 Å². The highest BCUT2D eigenvalue weighted by Gasteiger charge is 2.15. The summed E-state index contributed by atoms with van der Waals surface area (Å²) in [6.07, 6.45) is 1.89. The maximum Gasteiger partial charge on any atom is 0.129 e. The zero-order chi connectivity index (χ0) is 17.5. The molecule has 5 N–H and O–H groups in total. The summed E-state index contributed by atoms with van der Waals surface area (Å²) in [5.74, 6) is 0. The largest absolute Gasteiger partial charge is 0.354 e. The van der Waals surface area contributed by atoms with Crippen LogP contribution in [0.5, 0.6) is 0 Å². The second-order valence-electron chi connectivity index (χ2n) is 5.60. The summed E-state index contributed by atoms with van der Waals surface area (Å²) in [6, 6.07) is 0. The molecule has 0 aromatic heterocycles. The fraction of sp³-hybridized carbons (Fsp3) is 0.933. The Labute approximate surface area is 141 Å². The van der Waals surface area contributed by atoms with Gasteiger partial charge in [0.2, 0.25) is 0 Å². The van der Waals surface area contributed by atoms with Gasteiger partial charge in [-0.25, -0.2) is 0 Å². The minimum absolute atomic E-state index is 0.0544. The summed E-state index contributed by atoms with van der Waals surface area (Å²) in [6.45, 7) is 11.8. The van der Waals surface area contributed by atoms with Crippen LogP contribution in [0, 0.1) is 0 Å². The first-order chi connectivity index (χ1) is 11.0. The van der Waals surface area contributed by atoms with Gasteiger partial charge in [-0.15, -0.1) is 0 Å². The molecule has 0 radical (unpaired) electrons. The standard InChI is InChI=1S/C15H37N7O/c1-6-18-7-8-21(5)9-14(2)23-15(3)22(12-17-4)13-20-11-19-10-16/h13-15,17-19H,6-12,16H2,1-5H3/b20-13+/t14-,15+/m0/s1. The average molecular weight is 332 g/mol. The van der Waals surface area contributed by atoms with Crippen molar-refractivity contribution < 1.29 is 4.74 Å². The summed E-state index contributed by atoms with van der Waals surface area (Å²) in [5, 5.41) is 9.41. The highest BCUT2D eigenvalue weighted by molar-refractivity contribution is 5.54. The van der Waals surface area contributed by atoms with Gasteiger partial charge in [0.05, 0.1) is 25.8 Å². The molecule has 0 spiro atoms. The lowest BCUT2D eigenvalue weighted by Gasteiger charge is -2.30. The van der Waals surface area contributed by atoms with Crippen molar-refractivity contribution in [2.24, 2.45) is 10.7 Å². The highest BCUT2D eigenvalue weighted by atomic mass is 16.5. The molecule has 8 heteroatoms. The Balaban J connectivity index is 4.20. The van der Waals surface area contributed by atoms with E-state index in [1.807, 2.05) is 18.9 Å². The van der Waals surface area contributed by atoms with Crippen molar-refractivity contribution in [1.82, 2.24) is 25.8 Å². The van der Waals surface area contributed by atoms with Crippen LogP contribution in [0.15, 0.2) is 4.99 Å². The molecule has 0 rings (SSSR count). The molecule has 0 aromatic rings. The monoisotopic (exact) mass is 331 g/mol. The van der Waals surface area contributed by atoms with E-state index in [1.54, 1.807) is 6.34 Å². The van der Waals surface area contributed by atoms with Crippen LogP contribution < -0.4 is 21.7 Å². The third-order valence-corrected chi connectivity index (χ3v) is 3.30. The van der Waals surface area contributed by atoms with E-state index in [0.717, 1.165) is 26.2 Å². The summed E-state index contributed by atoms with van der Waals surface area (Å²) < 4.78 is 6.09. The van der Waals surface area contributed by atoms with Crippen molar-refractivity contribution in [1.29, 1.82) is 0 Å². The van der Waals surface area contributed by atoms with Gasteiger partial charge < -0.3 is 30.9 Å². The van der Waals surface area contributed by atoms with Crippen LogP contribution in [0.1, 0.15) is 20.8 Å². The molecule has 0 fully saturated rings. The predicted molar refractivity (Wildman–Crippen MR) is 97.4 cm³/mol. The van der Waals surface area contributed by atoms with Crippen molar-refractivity contribution in [2.75, 3.05) is 60.3 Å². The minimum atomic E-state index is -0.0544. The Morgan fingerprint density at radius 2 is 2.04 bits per heavy atom. The molecule has 0 aliphatic rings. The molecule has 8 nitrogen and oxygen atoms in total. The fourth-order valence-corrected chi connectivity index (χ4v) is 2.15. The van der Waals surface area contributed by atoms with E-state index < -0.39 is 0 Å². The van der Waals surface area contributed by atoms with Gasteiger partial charge in [-0.3, -0.25) is 10.3 Å². The number of nitrogens with one attached hydrogen (secondary N) is 3. The molecule has 0 heterocycles. The number of hydrogen-bond acceptors (Lipinski definition) is 7. The van der Waals surface area contributed by atoms with Crippen LogP contribution >= 0.6 is 0 Å². The number of nitrogens with two attached hydrogens (primary N) is 1. The lowest BCUT2D eigenvalue weighted by Crippen LogP contribution is -2.43. The lowest BCUT2D eigenvalue weighted by atomic mass is 10.3. The number of aliphatic imine (C=N–C) groups is 1. The van der Waals surface area contributed by atoms with Crippen LogP contribution in [0.25, 0.3) is 0 Å². The molecule has 0 bridgehead atoms. The van der Waals surface area contributed by atoms with Gasteiger partial charge in [-0.1, -0.05) is 6.92 Å². The highest BCUT2D eigenvalue weighted by Crippen LogP contribution is 2.03. The van der Waals surface area contributed by atoms with Crippen molar-refractivity contribution >= 4 is 6.34 Å². The lowest BCUT2D eigenvalue weighted by molar-refractivity contribution is -0.0636. The van der Waals surface area contributed by atoms with Gasteiger partial charge in [0.25, 0.3) is 0 Å². The van der Waals surface area contributed by atoms with Crippen molar-refractivity contribution in [3.05, 3.63) is 0 Å². The second kappa shape index (κ2) is 14.8. The molecule has 0 saturated carbocycles. The Morgan fingerprint density at radius 3 is 2.65 bits per heavy atom. The zero-order valence-corrected chi connectivity index (χ0v) is 15.5. The topological polar surface area (TPSA) is 90.2 Å². The summed E-state index contributed by atoms with van der Waals surface area (Å²) in [4.78, 5) is 8.59. The number of hydrogen-bond donors (Lipinski definition) is 4. The summed E-state index contributed by atoms with van der Waals surface area (Å²) in [7, 11) is 4.02. The summed E-state index contributed by atoms with van der Waals surface area (Å²) in [5.41, 5.74) is 5.37. The van der Waals surface area contributed by atoms with Gasteiger partial charge in [-0.05, 0) is 34.5 Å². The van der Waals surface area contributed by atoms with E-state index in [1.165, 1.54) is 0 Å². The van der Waals surface area contributed by atoms with E-state index >= 15 is 0 Å². The number of rotatable bonds is 15. The van der Waals surface area contributed by atoms with Gasteiger partial charge in [0.15, 0.2) is 0 Å². The normalized spacial score (nSPS) is 14.6. The smallest absolute Gasteiger partial charge is 0.129 e. The van der Waals surface area contributed by atoms with E-state index in [9.17, 15) is 0 Å². The maximum absolute atomic E-state index is 6.09. The Bertz CT molecular complexity index is 291. The Hall–Kier alpha value is -0.770. The van der Waals surface area contributed by atoms with Crippen molar-refractivity contribution in [2.45, 2.75) is 33.1 Å². The van der Waals surface area contributed by atoms with Crippen molar-refractivity contribution in [3.8, 4) is 0 Å². The number of nitrogens with zero attached hydrogens (tertiary/aromatic N) is 3. The molecule has 0 aliphatic carbocycles. The van der Waals surface area contributed by atoms with Crippen LogP contribution in [0.4, 0.5) is 0 Å². The second-order valence-corrected chi connectivity index (χ2v) is 5.60. The number of likely N-dealkylation sites (N-methyl/N-ethyl adjacent to an activating group) is 2. The van der Waals surface area contributed by atoms with Gasteiger partial charge in [0.1, 0.15) is 6.23 Å². The molecule has 0 aromatic carbocycles. The third kappa shape index (κ3) is 12.3. The van der Waals surface area contributed by atoms with Crippen LogP contribution in [0.3, 0.4) is 0 Å². The third-order valence-electron chi connectivity index (χ3n) is 3.30. The maximum atomic E-state index is 6.09. The van der Waals surface area contributed by atoms with E-state index in [0.29, 0.717) is 20.0 Å².